The van der Waals surface area contributed by atoms with E-state index in [9.17, 15) is 0 Å². The van der Waals surface area contributed by atoms with Crippen LogP contribution in [0.2, 0.25) is 0 Å². The molecule has 1 aliphatic heterocycles. The molecule has 0 saturated heterocycles. The number of hydrogen-bond donors (Lipinski definition) is 0. The van der Waals surface area contributed by atoms with Gasteiger partial charge in [0.2, 0.25) is 0 Å². The van der Waals surface area contributed by atoms with Crippen molar-refractivity contribution in [2.75, 3.05) is 0 Å². The third kappa shape index (κ3) is 1.34. The van der Waals surface area contributed by atoms with Gasteiger partial charge in [-0.3, -0.25) is 0 Å². The van der Waals surface area contributed by atoms with E-state index in [1.165, 1.54) is 10.8 Å². The summed E-state index contributed by atoms with van der Waals surface area (Å²) < 4.78 is 1.70. The zero-order chi connectivity index (χ0) is 9.42. The van der Waals surface area contributed by atoms with Crippen LogP contribution in [0.15, 0.2) is 9.89 Å². The summed E-state index contributed by atoms with van der Waals surface area (Å²) in [6.45, 7) is 1.94. The van der Waals surface area contributed by atoms with Gasteiger partial charge in [0.1, 0.15) is 6.07 Å². The van der Waals surface area contributed by atoms with Crippen LogP contribution in [0.3, 0.4) is 0 Å². The van der Waals surface area contributed by atoms with Crippen molar-refractivity contribution in [3.63, 3.8) is 0 Å². The number of aromatic nitrogens is 2. The van der Waals surface area contributed by atoms with Crippen molar-refractivity contribution in [2.45, 2.75) is 11.8 Å². The van der Waals surface area contributed by atoms with Crippen molar-refractivity contribution in [1.29, 1.82) is 5.26 Å². The number of aryl methyl sites for hydroxylation is 2. The lowest BCUT2D eigenvalue weighted by atomic mass is 10.5. The lowest BCUT2D eigenvalue weighted by Crippen LogP contribution is -1.93. The maximum absolute atomic E-state index is 8.67. The fourth-order valence-electron chi connectivity index (χ4n) is 1.09. The molecule has 66 valence electrons. The Morgan fingerprint density at radius 1 is 1.46 bits per heavy atom. The molecule has 1 aromatic heterocycles. The van der Waals surface area contributed by atoms with Gasteiger partial charge in [-0.05, 0) is 28.5 Å². The fourth-order valence-corrected chi connectivity index (χ4v) is 3.12. The molecule has 0 bridgehead atoms. The normalized spacial score (nSPS) is 14.7. The lowest BCUT2D eigenvalue weighted by molar-refractivity contribution is 0.759. The highest BCUT2D eigenvalue weighted by Crippen LogP contribution is 2.44. The Hall–Kier alpha value is -0.930. The van der Waals surface area contributed by atoms with Crippen molar-refractivity contribution < 1.29 is 0 Å². The van der Waals surface area contributed by atoms with Crippen molar-refractivity contribution in [3.05, 3.63) is 5.69 Å². The van der Waals surface area contributed by atoms with Gasteiger partial charge >= 0.3 is 0 Å². The minimum atomic E-state index is 0.487. The second kappa shape index (κ2) is 3.09. The first-order valence-corrected chi connectivity index (χ1v) is 5.74. The Bertz CT molecular complexity index is 426. The van der Waals surface area contributed by atoms with E-state index in [-0.39, 0.29) is 0 Å². The van der Waals surface area contributed by atoms with Crippen LogP contribution in [0, 0.1) is 18.3 Å². The van der Waals surface area contributed by atoms with Crippen LogP contribution in [0.1, 0.15) is 5.69 Å². The Morgan fingerprint density at radius 2 is 2.23 bits per heavy atom. The molecule has 13 heavy (non-hydrogen) atoms. The van der Waals surface area contributed by atoms with Gasteiger partial charge in [0.05, 0.1) is 10.6 Å². The molecule has 1 aliphatic rings. The standard InChI is InChI=1S/C7H6N4S2/c1-4-6-7(11(2)10-4)9-5(3-8)12-13-6/h1-2H3. The summed E-state index contributed by atoms with van der Waals surface area (Å²) >= 11 is 0. The molecule has 0 atom stereocenters. The van der Waals surface area contributed by atoms with Gasteiger partial charge in [-0.25, -0.2) is 9.67 Å². The number of aliphatic imine (C=N–C) groups is 1. The predicted octanol–water partition coefficient (Wildman–Crippen LogP) is 2.04. The molecule has 0 radical (unpaired) electrons. The summed E-state index contributed by atoms with van der Waals surface area (Å²) in [7, 11) is 4.77. The number of nitrogens with zero attached hydrogens (tertiary/aromatic N) is 4. The molecule has 2 heterocycles. The Balaban J connectivity index is 2.58. The molecule has 0 saturated carbocycles. The Morgan fingerprint density at radius 3 is 2.92 bits per heavy atom. The van der Waals surface area contributed by atoms with E-state index >= 15 is 0 Å². The van der Waals surface area contributed by atoms with Crippen molar-refractivity contribution in [3.8, 4) is 6.07 Å². The average Bonchev–Trinajstić information content (AvgIpc) is 2.42. The lowest BCUT2D eigenvalue weighted by Gasteiger charge is -2.05. The van der Waals surface area contributed by atoms with Gasteiger partial charge in [-0.15, -0.1) is 0 Å². The summed E-state index contributed by atoms with van der Waals surface area (Å²) in [4.78, 5) is 5.24. The smallest absolute Gasteiger partial charge is 0.187 e. The first-order chi connectivity index (χ1) is 6.22. The average molecular weight is 210 g/mol. The maximum Gasteiger partial charge on any atom is 0.187 e. The zero-order valence-electron chi connectivity index (χ0n) is 7.11. The van der Waals surface area contributed by atoms with Crippen molar-refractivity contribution in [2.24, 2.45) is 12.0 Å². The van der Waals surface area contributed by atoms with Gasteiger partial charge in [-0.1, -0.05) is 0 Å². The molecule has 0 spiro atoms. The van der Waals surface area contributed by atoms with Gasteiger partial charge in [0, 0.05) is 7.05 Å². The number of rotatable bonds is 0. The first-order valence-electron chi connectivity index (χ1n) is 3.59. The number of nitriles is 1. The molecular weight excluding hydrogens is 204 g/mol. The van der Waals surface area contributed by atoms with E-state index in [1.54, 1.807) is 15.5 Å². The summed E-state index contributed by atoms with van der Waals surface area (Å²) in [5.41, 5.74) is 0.968. The van der Waals surface area contributed by atoms with Crippen LogP contribution in [0.25, 0.3) is 0 Å². The summed E-state index contributed by atoms with van der Waals surface area (Å²) in [5, 5.41) is 13.4. The fraction of sp³-hybridized carbons (Fsp3) is 0.286. The Labute approximate surface area is 83.4 Å². The topological polar surface area (TPSA) is 54.0 Å². The van der Waals surface area contributed by atoms with Crippen LogP contribution < -0.4 is 0 Å². The van der Waals surface area contributed by atoms with E-state index in [0.717, 1.165) is 16.4 Å². The quantitative estimate of drug-likeness (QED) is 0.615. The van der Waals surface area contributed by atoms with Crippen LogP contribution >= 0.6 is 21.6 Å². The molecule has 6 heteroatoms. The van der Waals surface area contributed by atoms with Crippen LogP contribution in [0.4, 0.5) is 5.82 Å². The van der Waals surface area contributed by atoms with Crippen molar-refractivity contribution in [1.82, 2.24) is 9.78 Å². The van der Waals surface area contributed by atoms with Crippen LogP contribution in [-0.4, -0.2) is 14.8 Å². The zero-order valence-corrected chi connectivity index (χ0v) is 8.74. The number of hydrogen-bond acceptors (Lipinski definition) is 5. The minimum Gasteiger partial charge on any atom is -0.250 e. The number of fused-ring (bicyclic) bond motifs is 1. The molecule has 0 aromatic carbocycles. The highest BCUT2D eigenvalue weighted by atomic mass is 33.1. The van der Waals surface area contributed by atoms with Crippen LogP contribution in [0.5, 0.6) is 0 Å². The SMILES string of the molecule is Cc1nn(C)c2c1SSC(C#N)=N2. The summed E-state index contributed by atoms with van der Waals surface area (Å²) in [6, 6.07) is 2.03. The second-order valence-electron chi connectivity index (χ2n) is 2.56. The molecule has 0 amide bonds. The van der Waals surface area contributed by atoms with Gasteiger partial charge in [0.15, 0.2) is 10.9 Å². The maximum atomic E-state index is 8.67. The molecule has 1 aromatic rings. The van der Waals surface area contributed by atoms with E-state index in [0.29, 0.717) is 5.04 Å². The third-order valence-corrected chi connectivity index (χ3v) is 3.94. The third-order valence-electron chi connectivity index (χ3n) is 1.65. The highest BCUT2D eigenvalue weighted by molar-refractivity contribution is 8.82. The van der Waals surface area contributed by atoms with E-state index in [1.807, 2.05) is 20.0 Å². The second-order valence-corrected chi connectivity index (χ2v) is 4.69. The molecule has 2 rings (SSSR count). The minimum absolute atomic E-state index is 0.487. The molecule has 0 N–H and O–H groups in total. The van der Waals surface area contributed by atoms with Gasteiger partial charge in [-0.2, -0.15) is 10.4 Å². The van der Waals surface area contributed by atoms with Gasteiger partial charge < -0.3 is 0 Å². The van der Waals surface area contributed by atoms with E-state index < -0.39 is 0 Å². The molecule has 0 fully saturated rings. The molecule has 0 unspecified atom stereocenters. The largest absolute Gasteiger partial charge is 0.250 e. The van der Waals surface area contributed by atoms with E-state index in [2.05, 4.69) is 10.1 Å². The van der Waals surface area contributed by atoms with Crippen LogP contribution in [-0.2, 0) is 7.05 Å². The predicted molar refractivity (Wildman–Crippen MR) is 54.1 cm³/mol. The van der Waals surface area contributed by atoms with Crippen molar-refractivity contribution >= 4 is 32.4 Å². The Kier molecular flexibility index (Phi) is 2.06. The first kappa shape index (κ1) is 8.66. The molecular formula is C7H6N4S2. The molecule has 4 nitrogen and oxygen atoms in total. The highest BCUT2D eigenvalue weighted by Gasteiger charge is 2.20. The summed E-state index contributed by atoms with van der Waals surface area (Å²) in [5.74, 6) is 0.790. The van der Waals surface area contributed by atoms with Gasteiger partial charge in [0.25, 0.3) is 0 Å². The monoisotopic (exact) mass is 210 g/mol. The van der Waals surface area contributed by atoms with E-state index in [4.69, 9.17) is 5.26 Å². The molecule has 0 aliphatic carbocycles. The summed E-state index contributed by atoms with van der Waals surface area (Å²) in [6.07, 6.45) is 0.